The van der Waals surface area contributed by atoms with Crippen molar-refractivity contribution < 1.29 is 9.53 Å². The van der Waals surface area contributed by atoms with Crippen molar-refractivity contribution in [3.8, 4) is 17.0 Å². The standard InChI is InChI=1S/C16H20N4O2/c1-3-19-14-7-11(5-6-15(14)22-10-16(19)21)13-8-12(9-17)20(4-2)18-13/h5-8H,3-4,9-10,17H2,1-2H3. The summed E-state index contributed by atoms with van der Waals surface area (Å²) in [6.45, 7) is 5.94. The van der Waals surface area contributed by atoms with Gasteiger partial charge in [0.2, 0.25) is 0 Å². The van der Waals surface area contributed by atoms with Crippen molar-refractivity contribution in [1.82, 2.24) is 9.78 Å². The molecule has 1 aromatic carbocycles. The van der Waals surface area contributed by atoms with Gasteiger partial charge in [0.05, 0.1) is 17.1 Å². The number of ether oxygens (including phenoxy) is 1. The van der Waals surface area contributed by atoms with Crippen LogP contribution in [0.2, 0.25) is 0 Å². The van der Waals surface area contributed by atoms with Crippen LogP contribution >= 0.6 is 0 Å². The molecule has 2 aromatic rings. The Kier molecular flexibility index (Phi) is 3.85. The average molecular weight is 300 g/mol. The molecule has 0 saturated carbocycles. The number of likely N-dealkylation sites (N-methyl/N-ethyl adjacent to an activating group) is 1. The molecule has 0 fully saturated rings. The van der Waals surface area contributed by atoms with E-state index in [1.165, 1.54) is 0 Å². The summed E-state index contributed by atoms with van der Waals surface area (Å²) in [6, 6.07) is 7.81. The van der Waals surface area contributed by atoms with Crippen molar-refractivity contribution in [2.75, 3.05) is 18.1 Å². The third kappa shape index (κ3) is 2.35. The van der Waals surface area contributed by atoms with Gasteiger partial charge in [-0.2, -0.15) is 5.10 Å². The fraction of sp³-hybridized carbons (Fsp3) is 0.375. The van der Waals surface area contributed by atoms with Crippen molar-refractivity contribution in [3.63, 3.8) is 0 Å². The Balaban J connectivity index is 2.04. The van der Waals surface area contributed by atoms with Crippen molar-refractivity contribution in [2.24, 2.45) is 5.73 Å². The minimum atomic E-state index is -0.0196. The van der Waals surface area contributed by atoms with Gasteiger partial charge in [0.15, 0.2) is 6.61 Å². The maximum atomic E-state index is 12.0. The first kappa shape index (κ1) is 14.6. The number of aryl methyl sites for hydroxylation is 1. The highest BCUT2D eigenvalue weighted by Crippen LogP contribution is 2.35. The molecule has 0 bridgehead atoms. The van der Waals surface area contributed by atoms with E-state index < -0.39 is 0 Å². The summed E-state index contributed by atoms with van der Waals surface area (Å²) in [5, 5.41) is 4.58. The number of benzene rings is 1. The van der Waals surface area contributed by atoms with Gasteiger partial charge in [-0.25, -0.2) is 0 Å². The Morgan fingerprint density at radius 1 is 1.27 bits per heavy atom. The van der Waals surface area contributed by atoms with Crippen LogP contribution in [0.15, 0.2) is 24.3 Å². The van der Waals surface area contributed by atoms with Crippen LogP contribution in [-0.4, -0.2) is 28.8 Å². The first-order valence-electron chi connectivity index (χ1n) is 7.52. The van der Waals surface area contributed by atoms with Gasteiger partial charge in [0, 0.05) is 25.2 Å². The fourth-order valence-electron chi connectivity index (χ4n) is 2.74. The number of hydrogen-bond donors (Lipinski definition) is 1. The highest BCUT2D eigenvalue weighted by atomic mass is 16.5. The van der Waals surface area contributed by atoms with Gasteiger partial charge in [-0.15, -0.1) is 0 Å². The van der Waals surface area contributed by atoms with E-state index in [4.69, 9.17) is 10.5 Å². The summed E-state index contributed by atoms with van der Waals surface area (Å²) in [4.78, 5) is 13.7. The maximum absolute atomic E-state index is 12.0. The number of nitrogens with two attached hydrogens (primary N) is 1. The van der Waals surface area contributed by atoms with Crippen molar-refractivity contribution in [1.29, 1.82) is 0 Å². The van der Waals surface area contributed by atoms with Gasteiger partial charge in [-0.3, -0.25) is 9.48 Å². The number of carbonyl (C=O) groups is 1. The zero-order valence-electron chi connectivity index (χ0n) is 12.9. The third-order valence-electron chi connectivity index (χ3n) is 3.89. The predicted octanol–water partition coefficient (Wildman–Crippen LogP) is 1.77. The average Bonchev–Trinajstić information content (AvgIpc) is 2.97. The second-order valence-electron chi connectivity index (χ2n) is 5.15. The fourth-order valence-corrected chi connectivity index (χ4v) is 2.74. The van der Waals surface area contributed by atoms with Crippen LogP contribution < -0.4 is 15.4 Å². The van der Waals surface area contributed by atoms with E-state index in [2.05, 4.69) is 5.10 Å². The minimum Gasteiger partial charge on any atom is -0.482 e. The van der Waals surface area contributed by atoms with Crippen molar-refractivity contribution >= 4 is 11.6 Å². The van der Waals surface area contributed by atoms with Crippen LogP contribution in [0.3, 0.4) is 0 Å². The highest BCUT2D eigenvalue weighted by molar-refractivity contribution is 5.98. The number of rotatable bonds is 4. The van der Waals surface area contributed by atoms with E-state index in [9.17, 15) is 4.79 Å². The second kappa shape index (κ2) is 5.81. The second-order valence-corrected chi connectivity index (χ2v) is 5.15. The van der Waals surface area contributed by atoms with Gasteiger partial charge in [-0.05, 0) is 38.1 Å². The predicted molar refractivity (Wildman–Crippen MR) is 84.8 cm³/mol. The summed E-state index contributed by atoms with van der Waals surface area (Å²) in [6.07, 6.45) is 0. The van der Waals surface area contributed by atoms with Crippen molar-refractivity contribution in [2.45, 2.75) is 26.9 Å². The Hall–Kier alpha value is -2.34. The Bertz CT molecular complexity index is 687. The molecular weight excluding hydrogens is 280 g/mol. The highest BCUT2D eigenvalue weighted by Gasteiger charge is 2.24. The lowest BCUT2D eigenvalue weighted by Crippen LogP contribution is -2.38. The zero-order chi connectivity index (χ0) is 15.7. The molecule has 0 saturated heterocycles. The van der Waals surface area contributed by atoms with Crippen LogP contribution in [0.5, 0.6) is 5.75 Å². The topological polar surface area (TPSA) is 73.4 Å². The molecule has 22 heavy (non-hydrogen) atoms. The summed E-state index contributed by atoms with van der Waals surface area (Å²) in [5.74, 6) is 0.716. The molecule has 116 valence electrons. The molecule has 3 rings (SSSR count). The number of anilines is 1. The molecule has 2 N–H and O–H groups in total. The van der Waals surface area contributed by atoms with Gasteiger partial charge >= 0.3 is 0 Å². The molecule has 0 atom stereocenters. The first-order chi connectivity index (χ1) is 10.7. The Morgan fingerprint density at radius 2 is 2.09 bits per heavy atom. The van der Waals surface area contributed by atoms with Gasteiger partial charge in [0.1, 0.15) is 5.75 Å². The van der Waals surface area contributed by atoms with Crippen LogP contribution in [0.4, 0.5) is 5.69 Å². The lowest BCUT2D eigenvalue weighted by Gasteiger charge is -2.28. The normalized spacial score (nSPS) is 14.0. The quantitative estimate of drug-likeness (QED) is 0.934. The van der Waals surface area contributed by atoms with E-state index in [-0.39, 0.29) is 12.5 Å². The molecule has 1 aromatic heterocycles. The van der Waals surface area contributed by atoms with Gasteiger partial charge in [0.25, 0.3) is 5.91 Å². The van der Waals surface area contributed by atoms with Crippen LogP contribution in [0.1, 0.15) is 19.5 Å². The summed E-state index contributed by atoms with van der Waals surface area (Å²) in [5.41, 5.74) is 9.37. The number of fused-ring (bicyclic) bond motifs is 1. The number of hydrogen-bond acceptors (Lipinski definition) is 4. The largest absolute Gasteiger partial charge is 0.482 e. The van der Waals surface area contributed by atoms with E-state index in [0.717, 1.165) is 34.9 Å². The van der Waals surface area contributed by atoms with Gasteiger partial charge < -0.3 is 15.4 Å². The molecule has 2 heterocycles. The lowest BCUT2D eigenvalue weighted by atomic mass is 10.1. The molecule has 0 spiro atoms. The molecule has 6 nitrogen and oxygen atoms in total. The van der Waals surface area contributed by atoms with Gasteiger partial charge in [-0.1, -0.05) is 0 Å². The third-order valence-corrected chi connectivity index (χ3v) is 3.89. The SMILES string of the molecule is CCN1C(=O)COc2ccc(-c3cc(CN)n(CC)n3)cc21. The summed E-state index contributed by atoms with van der Waals surface area (Å²) in [7, 11) is 0. The summed E-state index contributed by atoms with van der Waals surface area (Å²) >= 11 is 0. The van der Waals surface area contributed by atoms with Crippen LogP contribution in [0, 0.1) is 0 Å². The Labute approximate surface area is 129 Å². The molecule has 0 unspecified atom stereocenters. The molecule has 6 heteroatoms. The monoisotopic (exact) mass is 300 g/mol. The zero-order valence-corrected chi connectivity index (χ0v) is 12.9. The molecule has 1 aliphatic rings. The maximum Gasteiger partial charge on any atom is 0.265 e. The lowest BCUT2D eigenvalue weighted by molar-refractivity contribution is -0.121. The number of amides is 1. The summed E-state index contributed by atoms with van der Waals surface area (Å²) < 4.78 is 7.39. The molecule has 1 aliphatic heterocycles. The Morgan fingerprint density at radius 3 is 2.73 bits per heavy atom. The molecule has 0 aliphatic carbocycles. The van der Waals surface area contributed by atoms with E-state index in [1.807, 2.05) is 42.8 Å². The number of carbonyl (C=O) groups excluding carboxylic acids is 1. The minimum absolute atomic E-state index is 0.0196. The molecular formula is C16H20N4O2. The number of nitrogens with zero attached hydrogens (tertiary/aromatic N) is 3. The van der Waals surface area contributed by atoms with E-state index in [1.54, 1.807) is 4.90 Å². The number of aromatic nitrogens is 2. The smallest absolute Gasteiger partial charge is 0.265 e. The van der Waals surface area contributed by atoms with Crippen LogP contribution in [-0.2, 0) is 17.9 Å². The molecule has 0 radical (unpaired) electrons. The van der Waals surface area contributed by atoms with E-state index >= 15 is 0 Å². The molecule has 1 amide bonds. The van der Waals surface area contributed by atoms with Crippen molar-refractivity contribution in [3.05, 3.63) is 30.0 Å². The van der Waals surface area contributed by atoms with E-state index in [0.29, 0.717) is 13.1 Å². The first-order valence-corrected chi connectivity index (χ1v) is 7.52. The van der Waals surface area contributed by atoms with Crippen LogP contribution in [0.25, 0.3) is 11.3 Å².